The van der Waals surface area contributed by atoms with Crippen LogP contribution in [0.4, 0.5) is 18.0 Å². The zero-order valence-electron chi connectivity index (χ0n) is 13.6. The summed E-state index contributed by atoms with van der Waals surface area (Å²) in [7, 11) is 0. The van der Waals surface area contributed by atoms with Crippen molar-refractivity contribution in [2.24, 2.45) is 5.92 Å². The minimum absolute atomic E-state index is 0.109. The molecule has 8 heteroatoms. The number of amides is 2. The van der Waals surface area contributed by atoms with Crippen LogP contribution in [0.15, 0.2) is 18.3 Å². The molecule has 0 spiro atoms. The summed E-state index contributed by atoms with van der Waals surface area (Å²) in [4.78, 5) is 17.8. The van der Waals surface area contributed by atoms with Crippen LogP contribution in [0.2, 0.25) is 0 Å². The SMILES string of the molecule is CCCN(CC1CC1)C(=O)NCc1ccnc(OCC(F)(F)F)c1. The maximum absolute atomic E-state index is 12.2. The lowest BCUT2D eigenvalue weighted by Gasteiger charge is -2.22. The van der Waals surface area contributed by atoms with E-state index >= 15 is 0 Å². The second-order valence-electron chi connectivity index (χ2n) is 5.95. The predicted octanol–water partition coefficient (Wildman–Crippen LogP) is 3.35. The Morgan fingerprint density at radius 3 is 2.83 bits per heavy atom. The van der Waals surface area contributed by atoms with E-state index in [1.165, 1.54) is 12.3 Å². The van der Waals surface area contributed by atoms with Crippen LogP contribution < -0.4 is 10.1 Å². The monoisotopic (exact) mass is 345 g/mol. The molecule has 2 amide bonds. The molecule has 2 rings (SSSR count). The van der Waals surface area contributed by atoms with Crippen molar-refractivity contribution in [3.05, 3.63) is 23.9 Å². The molecule has 0 unspecified atom stereocenters. The number of alkyl halides is 3. The first-order valence-electron chi connectivity index (χ1n) is 8.04. The lowest BCUT2D eigenvalue weighted by Crippen LogP contribution is -2.41. The first-order valence-corrected chi connectivity index (χ1v) is 8.04. The zero-order valence-corrected chi connectivity index (χ0v) is 13.6. The van der Waals surface area contributed by atoms with E-state index in [1.807, 2.05) is 6.92 Å². The van der Waals surface area contributed by atoms with Gasteiger partial charge < -0.3 is 15.0 Å². The van der Waals surface area contributed by atoms with E-state index in [0.717, 1.165) is 25.8 Å². The van der Waals surface area contributed by atoms with Gasteiger partial charge in [0, 0.05) is 31.9 Å². The number of urea groups is 1. The Hall–Kier alpha value is -1.99. The van der Waals surface area contributed by atoms with Gasteiger partial charge in [-0.1, -0.05) is 6.92 Å². The van der Waals surface area contributed by atoms with Gasteiger partial charge in [-0.2, -0.15) is 13.2 Å². The molecular weight excluding hydrogens is 323 g/mol. The van der Waals surface area contributed by atoms with Crippen LogP contribution in [0.25, 0.3) is 0 Å². The number of ether oxygens (including phenoxy) is 1. The Bertz CT molecular complexity index is 548. The number of hydrogen-bond acceptors (Lipinski definition) is 3. The van der Waals surface area contributed by atoms with Crippen molar-refractivity contribution in [3.63, 3.8) is 0 Å². The van der Waals surface area contributed by atoms with Crippen LogP contribution in [0.5, 0.6) is 5.88 Å². The number of nitrogens with one attached hydrogen (secondary N) is 1. The second-order valence-corrected chi connectivity index (χ2v) is 5.95. The van der Waals surface area contributed by atoms with Crippen LogP contribution >= 0.6 is 0 Å². The second kappa shape index (κ2) is 8.21. The molecule has 1 heterocycles. The van der Waals surface area contributed by atoms with Gasteiger partial charge in [-0.25, -0.2) is 9.78 Å². The predicted molar refractivity (Wildman–Crippen MR) is 82.6 cm³/mol. The smallest absolute Gasteiger partial charge is 0.422 e. The fourth-order valence-corrected chi connectivity index (χ4v) is 2.24. The molecule has 5 nitrogen and oxygen atoms in total. The summed E-state index contributed by atoms with van der Waals surface area (Å²) >= 11 is 0. The number of aromatic nitrogens is 1. The molecule has 0 bridgehead atoms. The molecule has 0 saturated heterocycles. The van der Waals surface area contributed by atoms with Gasteiger partial charge in [0.25, 0.3) is 0 Å². The lowest BCUT2D eigenvalue weighted by molar-refractivity contribution is -0.154. The van der Waals surface area contributed by atoms with Gasteiger partial charge in [0.05, 0.1) is 0 Å². The lowest BCUT2D eigenvalue weighted by atomic mass is 10.2. The van der Waals surface area contributed by atoms with Crippen LogP contribution in [-0.4, -0.2) is 41.8 Å². The summed E-state index contributed by atoms with van der Waals surface area (Å²) in [6.45, 7) is 2.30. The summed E-state index contributed by atoms with van der Waals surface area (Å²) in [5.41, 5.74) is 0.637. The minimum Gasteiger partial charge on any atom is -0.468 e. The van der Waals surface area contributed by atoms with Crippen LogP contribution in [-0.2, 0) is 6.54 Å². The van der Waals surface area contributed by atoms with Crippen LogP contribution in [0, 0.1) is 5.92 Å². The minimum atomic E-state index is -4.41. The summed E-state index contributed by atoms with van der Waals surface area (Å²) in [6.07, 6.45) is 0.164. The number of carbonyl (C=O) groups excluding carboxylic acids is 1. The standard InChI is InChI=1S/C16H22F3N3O2/c1-2-7-22(10-12-3-4-12)15(23)21-9-13-5-6-20-14(8-13)24-11-16(17,18)19/h5-6,8,12H,2-4,7,9-11H2,1H3,(H,21,23). The van der Waals surface area contributed by atoms with Gasteiger partial charge in [0.1, 0.15) is 0 Å². The molecule has 1 aromatic rings. The third-order valence-corrected chi connectivity index (χ3v) is 3.58. The van der Waals surface area contributed by atoms with Gasteiger partial charge in [0.2, 0.25) is 5.88 Å². The molecule has 134 valence electrons. The van der Waals surface area contributed by atoms with Gasteiger partial charge in [-0.15, -0.1) is 0 Å². The summed E-state index contributed by atoms with van der Waals surface area (Å²) < 4.78 is 41.1. The Balaban J connectivity index is 1.84. The zero-order chi connectivity index (χ0) is 17.6. The first kappa shape index (κ1) is 18.4. The molecule has 0 aliphatic heterocycles. The Kier molecular flexibility index (Phi) is 6.28. The van der Waals surface area contributed by atoms with Crippen molar-refractivity contribution in [2.75, 3.05) is 19.7 Å². The van der Waals surface area contributed by atoms with Crippen molar-refractivity contribution in [3.8, 4) is 5.88 Å². The molecule has 0 radical (unpaired) electrons. The fraction of sp³-hybridized carbons (Fsp3) is 0.625. The van der Waals surface area contributed by atoms with E-state index in [2.05, 4.69) is 15.0 Å². The highest BCUT2D eigenvalue weighted by Gasteiger charge is 2.29. The number of hydrogen-bond donors (Lipinski definition) is 1. The molecule has 1 N–H and O–H groups in total. The van der Waals surface area contributed by atoms with E-state index in [4.69, 9.17) is 0 Å². The highest BCUT2D eigenvalue weighted by Crippen LogP contribution is 2.29. The van der Waals surface area contributed by atoms with Crippen molar-refractivity contribution in [1.82, 2.24) is 15.2 Å². The number of carbonyl (C=O) groups is 1. The largest absolute Gasteiger partial charge is 0.468 e. The molecule has 0 atom stereocenters. The quantitative estimate of drug-likeness (QED) is 0.786. The molecular formula is C16H22F3N3O2. The number of rotatable bonds is 8. The van der Waals surface area contributed by atoms with Crippen molar-refractivity contribution in [2.45, 2.75) is 38.9 Å². The van der Waals surface area contributed by atoms with E-state index in [0.29, 0.717) is 18.0 Å². The third-order valence-electron chi connectivity index (χ3n) is 3.58. The maximum atomic E-state index is 12.2. The molecule has 0 aromatic carbocycles. The number of nitrogens with zero attached hydrogens (tertiary/aromatic N) is 2. The molecule has 1 aromatic heterocycles. The van der Waals surface area contributed by atoms with Crippen molar-refractivity contribution in [1.29, 1.82) is 0 Å². The fourth-order valence-electron chi connectivity index (χ4n) is 2.24. The average molecular weight is 345 g/mol. The van der Waals surface area contributed by atoms with E-state index in [1.54, 1.807) is 11.0 Å². The first-order chi connectivity index (χ1) is 11.4. The number of halogens is 3. The highest BCUT2D eigenvalue weighted by molar-refractivity contribution is 5.74. The molecule has 1 aliphatic carbocycles. The summed E-state index contributed by atoms with van der Waals surface area (Å²) in [5, 5.41) is 2.80. The van der Waals surface area contributed by atoms with Crippen molar-refractivity contribution >= 4 is 6.03 Å². The summed E-state index contributed by atoms with van der Waals surface area (Å²) in [5.74, 6) is 0.494. The van der Waals surface area contributed by atoms with Gasteiger partial charge in [-0.05, 0) is 36.8 Å². The highest BCUT2D eigenvalue weighted by atomic mass is 19.4. The molecule has 24 heavy (non-hydrogen) atoms. The topological polar surface area (TPSA) is 54.5 Å². The van der Waals surface area contributed by atoms with Gasteiger partial charge >= 0.3 is 12.2 Å². The molecule has 1 aliphatic rings. The van der Waals surface area contributed by atoms with E-state index in [9.17, 15) is 18.0 Å². The molecule has 1 fully saturated rings. The Morgan fingerprint density at radius 2 is 2.21 bits per heavy atom. The number of pyridine rings is 1. The van der Waals surface area contributed by atoms with E-state index < -0.39 is 12.8 Å². The molecule has 1 saturated carbocycles. The maximum Gasteiger partial charge on any atom is 0.422 e. The van der Waals surface area contributed by atoms with E-state index in [-0.39, 0.29) is 18.5 Å². The van der Waals surface area contributed by atoms with Crippen molar-refractivity contribution < 1.29 is 22.7 Å². The van der Waals surface area contributed by atoms with Gasteiger partial charge in [0.15, 0.2) is 6.61 Å². The van der Waals surface area contributed by atoms with Crippen LogP contribution in [0.3, 0.4) is 0 Å². The Labute approximate surface area is 139 Å². The average Bonchev–Trinajstić information content (AvgIpc) is 3.34. The van der Waals surface area contributed by atoms with Crippen LogP contribution in [0.1, 0.15) is 31.7 Å². The normalized spacial score (nSPS) is 14.3. The summed E-state index contributed by atoms with van der Waals surface area (Å²) in [6, 6.07) is 2.88. The van der Waals surface area contributed by atoms with Gasteiger partial charge in [-0.3, -0.25) is 0 Å². The Morgan fingerprint density at radius 1 is 1.46 bits per heavy atom. The third kappa shape index (κ3) is 6.64.